The van der Waals surface area contributed by atoms with Gasteiger partial charge in [0.05, 0.1) is 0 Å². The predicted molar refractivity (Wildman–Crippen MR) is 48.6 cm³/mol. The number of nitrogens with one attached hydrogen (secondary N) is 1. The van der Waals surface area contributed by atoms with Crippen LogP contribution >= 0.6 is 0 Å². The summed E-state index contributed by atoms with van der Waals surface area (Å²) in [5.41, 5.74) is 1.11. The molecule has 1 aromatic rings. The molecule has 12 heavy (non-hydrogen) atoms. The second-order valence-corrected chi connectivity index (χ2v) is 2.50. The quantitative estimate of drug-likeness (QED) is 0.522. The van der Waals surface area contributed by atoms with E-state index in [2.05, 4.69) is 21.9 Å². The van der Waals surface area contributed by atoms with Crippen molar-refractivity contribution in [1.82, 2.24) is 15.3 Å². The molecule has 64 valence electrons. The molecule has 1 N–H and O–H groups in total. The fraction of sp³-hybridized carbons (Fsp3) is 0.333. The normalized spacial score (nSPS) is 9.67. The maximum Gasteiger partial charge on any atom is 0.115 e. The van der Waals surface area contributed by atoms with Gasteiger partial charge >= 0.3 is 0 Å². The lowest BCUT2D eigenvalue weighted by atomic mass is 10.3. The molecule has 1 rings (SSSR count). The predicted octanol–water partition coefficient (Wildman–Crippen LogP) is 1.14. The molecular formula is C9H13N3. The summed E-state index contributed by atoms with van der Waals surface area (Å²) >= 11 is 0. The van der Waals surface area contributed by atoms with Gasteiger partial charge in [0.15, 0.2) is 0 Å². The van der Waals surface area contributed by atoms with Crippen molar-refractivity contribution in [2.24, 2.45) is 0 Å². The maximum absolute atomic E-state index is 3.91. The lowest BCUT2D eigenvalue weighted by Crippen LogP contribution is -2.14. The molecule has 3 nitrogen and oxygen atoms in total. The van der Waals surface area contributed by atoms with Gasteiger partial charge in [-0.25, -0.2) is 9.97 Å². The van der Waals surface area contributed by atoms with Crippen LogP contribution in [0.5, 0.6) is 0 Å². The Balaban J connectivity index is 2.20. The first-order valence-corrected chi connectivity index (χ1v) is 3.99. The van der Waals surface area contributed by atoms with Crippen LogP contribution in [0.4, 0.5) is 0 Å². The second kappa shape index (κ2) is 5.43. The van der Waals surface area contributed by atoms with Gasteiger partial charge in [-0.15, -0.1) is 6.58 Å². The number of nitrogens with zero attached hydrogens (tertiary/aromatic N) is 2. The zero-order valence-electron chi connectivity index (χ0n) is 7.03. The second-order valence-electron chi connectivity index (χ2n) is 2.50. The van der Waals surface area contributed by atoms with Gasteiger partial charge in [0.25, 0.3) is 0 Å². The third-order valence-corrected chi connectivity index (χ3v) is 1.47. The van der Waals surface area contributed by atoms with Gasteiger partial charge < -0.3 is 5.32 Å². The minimum absolute atomic E-state index is 0.828. The first-order valence-electron chi connectivity index (χ1n) is 3.99. The lowest BCUT2D eigenvalue weighted by Gasteiger charge is -2.00. The van der Waals surface area contributed by atoms with Gasteiger partial charge in [-0.1, -0.05) is 6.08 Å². The van der Waals surface area contributed by atoms with Crippen molar-refractivity contribution in [2.75, 3.05) is 6.54 Å². The highest BCUT2D eigenvalue weighted by Gasteiger charge is 1.89. The highest BCUT2D eigenvalue weighted by atomic mass is 14.9. The lowest BCUT2D eigenvalue weighted by molar-refractivity contribution is 0.691. The van der Waals surface area contributed by atoms with E-state index in [1.165, 1.54) is 6.33 Å². The average Bonchev–Trinajstić information content (AvgIpc) is 2.14. The minimum atomic E-state index is 0.828. The van der Waals surface area contributed by atoms with Crippen LogP contribution in [0.25, 0.3) is 0 Å². The third kappa shape index (κ3) is 3.25. The number of rotatable bonds is 5. The third-order valence-electron chi connectivity index (χ3n) is 1.47. The Morgan fingerprint density at radius 3 is 2.83 bits per heavy atom. The Kier molecular flexibility index (Phi) is 4.02. The van der Waals surface area contributed by atoms with Crippen LogP contribution in [-0.4, -0.2) is 16.5 Å². The molecule has 0 saturated carbocycles. The SMILES string of the molecule is C=CCCNCc1cncnc1. The van der Waals surface area contributed by atoms with E-state index in [4.69, 9.17) is 0 Å². The molecule has 1 heterocycles. The largest absolute Gasteiger partial charge is 0.312 e. The summed E-state index contributed by atoms with van der Waals surface area (Å²) in [6.45, 7) is 5.43. The molecule has 0 aromatic carbocycles. The first-order chi connectivity index (χ1) is 5.93. The van der Waals surface area contributed by atoms with Gasteiger partial charge in [-0.2, -0.15) is 0 Å². The molecule has 0 spiro atoms. The standard InChI is InChI=1S/C9H13N3/c1-2-3-4-10-5-9-6-11-8-12-7-9/h2,6-8,10H,1,3-5H2. The molecule has 0 aliphatic carbocycles. The summed E-state index contributed by atoms with van der Waals surface area (Å²) in [6, 6.07) is 0. The topological polar surface area (TPSA) is 37.8 Å². The Bertz CT molecular complexity index is 220. The molecule has 0 radical (unpaired) electrons. The minimum Gasteiger partial charge on any atom is -0.312 e. The van der Waals surface area contributed by atoms with E-state index in [0.717, 1.165) is 25.1 Å². The van der Waals surface area contributed by atoms with Gasteiger partial charge in [-0.05, 0) is 13.0 Å². The zero-order chi connectivity index (χ0) is 8.65. The molecule has 0 aliphatic heterocycles. The van der Waals surface area contributed by atoms with Crippen LogP contribution in [-0.2, 0) is 6.54 Å². The van der Waals surface area contributed by atoms with E-state index >= 15 is 0 Å². The smallest absolute Gasteiger partial charge is 0.115 e. The van der Waals surface area contributed by atoms with E-state index in [-0.39, 0.29) is 0 Å². The van der Waals surface area contributed by atoms with E-state index in [1.807, 2.05) is 18.5 Å². The zero-order valence-corrected chi connectivity index (χ0v) is 7.03. The Hall–Kier alpha value is -1.22. The van der Waals surface area contributed by atoms with Crippen LogP contribution in [0.15, 0.2) is 31.4 Å². The summed E-state index contributed by atoms with van der Waals surface area (Å²) in [5, 5.41) is 3.25. The number of hydrogen-bond donors (Lipinski definition) is 1. The number of hydrogen-bond acceptors (Lipinski definition) is 3. The molecule has 1 aromatic heterocycles. The van der Waals surface area contributed by atoms with Gasteiger partial charge in [-0.3, -0.25) is 0 Å². The van der Waals surface area contributed by atoms with E-state index in [1.54, 1.807) is 0 Å². The maximum atomic E-state index is 3.91. The fourth-order valence-electron chi connectivity index (χ4n) is 0.858. The molecule has 3 heteroatoms. The molecule has 0 bridgehead atoms. The summed E-state index contributed by atoms with van der Waals surface area (Å²) in [5.74, 6) is 0. The van der Waals surface area contributed by atoms with Gasteiger partial charge in [0, 0.05) is 24.5 Å². The van der Waals surface area contributed by atoms with E-state index < -0.39 is 0 Å². The summed E-state index contributed by atoms with van der Waals surface area (Å²) in [4.78, 5) is 7.82. The molecule has 0 aliphatic rings. The van der Waals surface area contributed by atoms with Crippen molar-refractivity contribution in [3.05, 3.63) is 36.9 Å². The summed E-state index contributed by atoms with van der Waals surface area (Å²) in [7, 11) is 0. The highest BCUT2D eigenvalue weighted by molar-refractivity contribution is 5.01. The van der Waals surface area contributed by atoms with Gasteiger partial charge in [0.2, 0.25) is 0 Å². The van der Waals surface area contributed by atoms with E-state index in [9.17, 15) is 0 Å². The molecule has 0 amide bonds. The highest BCUT2D eigenvalue weighted by Crippen LogP contribution is 1.91. The molecule has 0 atom stereocenters. The Morgan fingerprint density at radius 2 is 2.17 bits per heavy atom. The van der Waals surface area contributed by atoms with Crippen LogP contribution in [0.1, 0.15) is 12.0 Å². The summed E-state index contributed by atoms with van der Waals surface area (Å²) in [6.07, 6.45) is 8.05. The Labute approximate surface area is 72.6 Å². The van der Waals surface area contributed by atoms with Crippen LogP contribution < -0.4 is 5.32 Å². The number of aromatic nitrogens is 2. The van der Waals surface area contributed by atoms with E-state index in [0.29, 0.717) is 0 Å². The van der Waals surface area contributed by atoms with Crippen LogP contribution in [0.2, 0.25) is 0 Å². The van der Waals surface area contributed by atoms with Crippen molar-refractivity contribution in [3.63, 3.8) is 0 Å². The average molecular weight is 163 g/mol. The van der Waals surface area contributed by atoms with Gasteiger partial charge in [0.1, 0.15) is 6.33 Å². The van der Waals surface area contributed by atoms with Crippen molar-refractivity contribution in [3.8, 4) is 0 Å². The molecule has 0 saturated heterocycles. The Morgan fingerprint density at radius 1 is 1.42 bits per heavy atom. The first kappa shape index (κ1) is 8.87. The van der Waals surface area contributed by atoms with Crippen molar-refractivity contribution in [2.45, 2.75) is 13.0 Å². The van der Waals surface area contributed by atoms with Crippen molar-refractivity contribution in [1.29, 1.82) is 0 Å². The molecule has 0 unspecified atom stereocenters. The molecule has 0 fully saturated rings. The van der Waals surface area contributed by atoms with Crippen molar-refractivity contribution < 1.29 is 0 Å². The monoisotopic (exact) mass is 163 g/mol. The summed E-state index contributed by atoms with van der Waals surface area (Å²) < 4.78 is 0. The molecular weight excluding hydrogens is 150 g/mol. The van der Waals surface area contributed by atoms with Crippen LogP contribution in [0, 0.1) is 0 Å². The van der Waals surface area contributed by atoms with Crippen molar-refractivity contribution >= 4 is 0 Å². The fourth-order valence-corrected chi connectivity index (χ4v) is 0.858. The van der Waals surface area contributed by atoms with Crippen LogP contribution in [0.3, 0.4) is 0 Å².